The van der Waals surface area contributed by atoms with Gasteiger partial charge < -0.3 is 5.73 Å². The van der Waals surface area contributed by atoms with Crippen molar-refractivity contribution in [1.29, 1.82) is 0 Å². The lowest BCUT2D eigenvalue weighted by molar-refractivity contribution is 1.62. The lowest BCUT2D eigenvalue weighted by Crippen LogP contribution is -1.89. The maximum Gasteiger partial charge on any atom is 0.0521 e. The molecule has 0 aliphatic carbocycles. The summed E-state index contributed by atoms with van der Waals surface area (Å²) in [7, 11) is 0. The Morgan fingerprint density at radius 1 is 1.50 bits per heavy atom. The third kappa shape index (κ3) is 2.37. The van der Waals surface area contributed by atoms with E-state index < -0.39 is 0 Å². The molecule has 62 valence electrons. The lowest BCUT2D eigenvalue weighted by Gasteiger charge is -1.97. The number of nitrogens with two attached hydrogens (primary N) is 1. The van der Waals surface area contributed by atoms with Crippen LogP contribution in [0.15, 0.2) is 18.2 Å². The number of hydrogen-bond donors (Lipinski definition) is 2. The molecular formula is C9H8ClNS. The van der Waals surface area contributed by atoms with Crippen LogP contribution in [-0.4, -0.2) is 5.75 Å². The van der Waals surface area contributed by atoms with E-state index >= 15 is 0 Å². The van der Waals surface area contributed by atoms with E-state index in [2.05, 4.69) is 24.5 Å². The summed E-state index contributed by atoms with van der Waals surface area (Å²) < 4.78 is 0. The fourth-order valence-electron chi connectivity index (χ4n) is 0.782. The Labute approximate surface area is 82.3 Å². The molecule has 0 saturated carbocycles. The van der Waals surface area contributed by atoms with Crippen LogP contribution in [0.3, 0.4) is 0 Å². The van der Waals surface area contributed by atoms with Gasteiger partial charge in [0.15, 0.2) is 0 Å². The van der Waals surface area contributed by atoms with E-state index in [0.29, 0.717) is 16.5 Å². The van der Waals surface area contributed by atoms with E-state index in [0.717, 1.165) is 5.56 Å². The lowest BCUT2D eigenvalue weighted by atomic mass is 10.2. The van der Waals surface area contributed by atoms with Gasteiger partial charge in [-0.25, -0.2) is 0 Å². The van der Waals surface area contributed by atoms with Crippen LogP contribution in [0.25, 0.3) is 0 Å². The average molecular weight is 198 g/mol. The standard InChI is InChI=1S/C9H8ClNS/c10-8-4-3-7(2-1-5-12)9(11)6-8/h3-4,6,12H,5,11H2. The van der Waals surface area contributed by atoms with Crippen molar-refractivity contribution in [3.63, 3.8) is 0 Å². The quantitative estimate of drug-likeness (QED) is 0.372. The van der Waals surface area contributed by atoms with Gasteiger partial charge in [0.05, 0.1) is 5.75 Å². The van der Waals surface area contributed by atoms with Crippen LogP contribution in [0.2, 0.25) is 5.02 Å². The molecule has 0 fully saturated rings. The van der Waals surface area contributed by atoms with Crippen LogP contribution in [0, 0.1) is 11.8 Å². The van der Waals surface area contributed by atoms with Gasteiger partial charge in [-0.1, -0.05) is 23.4 Å². The van der Waals surface area contributed by atoms with E-state index in [4.69, 9.17) is 17.3 Å². The Morgan fingerprint density at radius 2 is 2.25 bits per heavy atom. The monoisotopic (exact) mass is 197 g/mol. The van der Waals surface area contributed by atoms with Crippen molar-refractivity contribution in [2.75, 3.05) is 11.5 Å². The summed E-state index contributed by atoms with van der Waals surface area (Å²) in [6.07, 6.45) is 0. The van der Waals surface area contributed by atoms with Gasteiger partial charge >= 0.3 is 0 Å². The first-order valence-corrected chi connectivity index (χ1v) is 4.40. The van der Waals surface area contributed by atoms with Crippen LogP contribution < -0.4 is 5.73 Å². The van der Waals surface area contributed by atoms with E-state index in [1.54, 1.807) is 18.2 Å². The summed E-state index contributed by atoms with van der Waals surface area (Å²) in [5.74, 6) is 6.23. The van der Waals surface area contributed by atoms with Gasteiger partial charge in [0.2, 0.25) is 0 Å². The summed E-state index contributed by atoms with van der Waals surface area (Å²) in [4.78, 5) is 0. The predicted octanol–water partition coefficient (Wildman–Crippen LogP) is 2.20. The van der Waals surface area contributed by atoms with Crippen molar-refractivity contribution in [3.8, 4) is 11.8 Å². The van der Waals surface area contributed by atoms with Crippen LogP contribution in [-0.2, 0) is 0 Å². The second-order valence-corrected chi connectivity index (χ2v) is 2.94. The maximum absolute atomic E-state index is 5.71. The van der Waals surface area contributed by atoms with Crippen LogP contribution in [0.4, 0.5) is 5.69 Å². The summed E-state index contributed by atoms with van der Waals surface area (Å²) in [6, 6.07) is 5.25. The molecule has 1 nitrogen and oxygen atoms in total. The number of nitrogen functional groups attached to an aromatic ring is 1. The third-order valence-corrected chi connectivity index (χ3v) is 1.71. The highest BCUT2D eigenvalue weighted by Gasteiger charge is 1.94. The van der Waals surface area contributed by atoms with Crippen molar-refractivity contribution in [2.45, 2.75) is 0 Å². The Balaban J connectivity index is 3.01. The topological polar surface area (TPSA) is 26.0 Å². The van der Waals surface area contributed by atoms with E-state index in [9.17, 15) is 0 Å². The summed E-state index contributed by atoms with van der Waals surface area (Å²) in [5, 5.41) is 0.629. The molecular weight excluding hydrogens is 190 g/mol. The average Bonchev–Trinajstić information content (AvgIpc) is 2.03. The molecule has 1 aromatic rings. The first kappa shape index (κ1) is 9.31. The second kappa shape index (κ2) is 4.30. The molecule has 12 heavy (non-hydrogen) atoms. The summed E-state index contributed by atoms with van der Waals surface area (Å²) >= 11 is 9.67. The van der Waals surface area contributed by atoms with Gasteiger partial charge in [0.1, 0.15) is 0 Å². The number of thiol groups is 1. The molecule has 2 N–H and O–H groups in total. The van der Waals surface area contributed by atoms with Gasteiger partial charge in [-0.3, -0.25) is 0 Å². The van der Waals surface area contributed by atoms with Gasteiger partial charge in [-0.15, -0.1) is 0 Å². The molecule has 0 heterocycles. The molecule has 0 aliphatic rings. The fourth-order valence-corrected chi connectivity index (χ4v) is 1.04. The van der Waals surface area contributed by atoms with Gasteiger partial charge in [-0.2, -0.15) is 12.6 Å². The first-order chi connectivity index (χ1) is 5.74. The Kier molecular flexibility index (Phi) is 3.33. The SMILES string of the molecule is Nc1cc(Cl)ccc1C#CCS. The van der Waals surface area contributed by atoms with Crippen LogP contribution in [0.5, 0.6) is 0 Å². The zero-order valence-corrected chi connectivity index (χ0v) is 7.99. The molecule has 0 bridgehead atoms. The number of hydrogen-bond acceptors (Lipinski definition) is 2. The molecule has 0 unspecified atom stereocenters. The number of halogens is 1. The Hall–Kier alpha value is -0.780. The van der Waals surface area contributed by atoms with Crippen LogP contribution in [0.1, 0.15) is 5.56 Å². The second-order valence-electron chi connectivity index (χ2n) is 2.19. The minimum atomic E-state index is 0.530. The highest BCUT2D eigenvalue weighted by molar-refractivity contribution is 7.80. The van der Waals surface area contributed by atoms with Gasteiger partial charge in [0.25, 0.3) is 0 Å². The van der Waals surface area contributed by atoms with Crippen molar-refractivity contribution in [2.24, 2.45) is 0 Å². The highest BCUT2D eigenvalue weighted by atomic mass is 35.5. The molecule has 0 aliphatic heterocycles. The summed E-state index contributed by atoms with van der Waals surface area (Å²) in [5.41, 5.74) is 7.06. The van der Waals surface area contributed by atoms with E-state index in [1.807, 2.05) is 0 Å². The molecule has 0 radical (unpaired) electrons. The van der Waals surface area contributed by atoms with E-state index in [1.165, 1.54) is 0 Å². The molecule has 0 amide bonds. The molecule has 1 aromatic carbocycles. The maximum atomic E-state index is 5.71. The number of rotatable bonds is 0. The largest absolute Gasteiger partial charge is 0.398 e. The number of anilines is 1. The first-order valence-electron chi connectivity index (χ1n) is 3.39. The van der Waals surface area contributed by atoms with Crippen molar-refractivity contribution in [3.05, 3.63) is 28.8 Å². The molecule has 1 rings (SSSR count). The third-order valence-electron chi connectivity index (χ3n) is 1.32. The summed E-state index contributed by atoms with van der Waals surface area (Å²) in [6.45, 7) is 0. The smallest absolute Gasteiger partial charge is 0.0521 e. The Bertz CT molecular complexity index is 338. The van der Waals surface area contributed by atoms with Crippen molar-refractivity contribution in [1.82, 2.24) is 0 Å². The molecule has 0 saturated heterocycles. The predicted molar refractivity (Wildman–Crippen MR) is 56.6 cm³/mol. The van der Waals surface area contributed by atoms with Gasteiger partial charge in [0, 0.05) is 16.3 Å². The normalized spacial score (nSPS) is 8.83. The minimum absolute atomic E-state index is 0.530. The fraction of sp³-hybridized carbons (Fsp3) is 0.111. The highest BCUT2D eigenvalue weighted by Crippen LogP contribution is 2.16. The van der Waals surface area contributed by atoms with E-state index in [-0.39, 0.29) is 0 Å². The van der Waals surface area contributed by atoms with Crippen LogP contribution >= 0.6 is 24.2 Å². The van der Waals surface area contributed by atoms with Crippen molar-refractivity contribution >= 4 is 29.9 Å². The van der Waals surface area contributed by atoms with Crippen molar-refractivity contribution < 1.29 is 0 Å². The van der Waals surface area contributed by atoms with Gasteiger partial charge in [-0.05, 0) is 18.2 Å². The molecule has 0 aromatic heterocycles. The molecule has 0 spiro atoms. The number of benzene rings is 1. The Morgan fingerprint density at radius 3 is 2.83 bits per heavy atom. The zero-order valence-electron chi connectivity index (χ0n) is 6.34. The molecule has 0 atom stereocenters. The molecule has 3 heteroatoms. The minimum Gasteiger partial charge on any atom is -0.398 e. The zero-order chi connectivity index (χ0) is 8.97.